The number of carbonyl (C=O) groups is 1. The molecule has 2 N–H and O–H groups in total. The molecule has 2 atom stereocenters. The minimum Gasteiger partial charge on any atom is -0.755 e. The summed E-state index contributed by atoms with van der Waals surface area (Å²) in [6.45, 7) is 0. The predicted octanol–water partition coefficient (Wildman–Crippen LogP) is 4.85. The molecule has 0 amide bonds. The van der Waals surface area contributed by atoms with E-state index in [2.05, 4.69) is 4.98 Å². The van der Waals surface area contributed by atoms with Gasteiger partial charge < -0.3 is 14.6 Å². The molecular formula is C24H21N2O4S2-. The monoisotopic (exact) mass is 465 g/mol. The Balaban J connectivity index is 1.64. The van der Waals surface area contributed by atoms with Crippen LogP contribution in [-0.2, 0) is 22.5 Å². The zero-order valence-corrected chi connectivity index (χ0v) is 18.9. The first-order valence-electron chi connectivity index (χ1n) is 9.89. The van der Waals surface area contributed by atoms with Crippen molar-refractivity contribution in [1.82, 2.24) is 4.98 Å². The van der Waals surface area contributed by atoms with Crippen LogP contribution in [0.4, 0.5) is 5.69 Å². The highest BCUT2D eigenvalue weighted by Crippen LogP contribution is 2.28. The molecule has 0 radical (unpaired) electrons. The number of rotatable bonds is 8. The van der Waals surface area contributed by atoms with Crippen molar-refractivity contribution < 1.29 is 18.7 Å². The highest BCUT2D eigenvalue weighted by molar-refractivity contribution is 7.98. The summed E-state index contributed by atoms with van der Waals surface area (Å²) in [6, 6.07) is 21.2. The number of nitrogens with one attached hydrogen (secondary N) is 1. The number of fused-ring (bicyclic) bond motifs is 1. The molecule has 0 aliphatic heterocycles. The van der Waals surface area contributed by atoms with Crippen LogP contribution < -0.4 is 4.31 Å². The molecule has 6 nitrogen and oxygen atoms in total. The lowest BCUT2D eigenvalue weighted by molar-refractivity contribution is -0.138. The van der Waals surface area contributed by atoms with E-state index in [4.69, 9.17) is 0 Å². The number of aromatic nitrogens is 1. The molecule has 1 aromatic heterocycles. The topological polar surface area (TPSA) is 96.5 Å². The average molecular weight is 466 g/mol. The van der Waals surface area contributed by atoms with Crippen LogP contribution in [0.5, 0.6) is 0 Å². The Morgan fingerprint density at radius 3 is 2.28 bits per heavy atom. The second-order valence-corrected chi connectivity index (χ2v) is 8.94. The average Bonchev–Trinajstić information content (AvgIpc) is 3.22. The number of para-hydroxylation sites is 1. The minimum atomic E-state index is -2.77. The first-order chi connectivity index (χ1) is 15.5. The number of carboxylic acids is 1. The molecule has 0 saturated heterocycles. The van der Waals surface area contributed by atoms with Gasteiger partial charge >= 0.3 is 5.97 Å². The van der Waals surface area contributed by atoms with Crippen LogP contribution in [0, 0.1) is 0 Å². The molecule has 32 heavy (non-hydrogen) atoms. The van der Waals surface area contributed by atoms with Gasteiger partial charge in [0.25, 0.3) is 0 Å². The van der Waals surface area contributed by atoms with Crippen molar-refractivity contribution in [2.75, 3.05) is 10.6 Å². The minimum absolute atomic E-state index is 0.0330. The molecule has 8 heteroatoms. The van der Waals surface area contributed by atoms with Gasteiger partial charge in [-0.05, 0) is 53.3 Å². The zero-order valence-electron chi connectivity index (χ0n) is 17.2. The summed E-state index contributed by atoms with van der Waals surface area (Å²) in [6.07, 6.45) is 3.77. The van der Waals surface area contributed by atoms with E-state index in [0.717, 1.165) is 36.8 Å². The van der Waals surface area contributed by atoms with Crippen molar-refractivity contribution in [3.63, 3.8) is 0 Å². The van der Waals surface area contributed by atoms with Gasteiger partial charge in [0.15, 0.2) is 0 Å². The largest absolute Gasteiger partial charge is 0.755 e. The van der Waals surface area contributed by atoms with Crippen LogP contribution in [-0.4, -0.2) is 37.1 Å². The number of H-pyrrole nitrogens is 1. The van der Waals surface area contributed by atoms with Gasteiger partial charge in [-0.2, -0.15) is 0 Å². The summed E-state index contributed by atoms with van der Waals surface area (Å²) >= 11 is -1.11. The highest BCUT2D eigenvalue weighted by Gasteiger charge is 2.28. The van der Waals surface area contributed by atoms with Gasteiger partial charge in [-0.15, -0.1) is 11.8 Å². The molecule has 0 fully saturated rings. The molecule has 2 unspecified atom stereocenters. The third-order valence-electron chi connectivity index (χ3n) is 5.36. The fourth-order valence-electron chi connectivity index (χ4n) is 3.73. The Kier molecular flexibility index (Phi) is 6.64. The Bertz CT molecular complexity index is 1250. The summed E-state index contributed by atoms with van der Waals surface area (Å²) < 4.78 is 25.2. The number of aromatic amines is 1. The van der Waals surface area contributed by atoms with Crippen molar-refractivity contribution in [1.29, 1.82) is 0 Å². The van der Waals surface area contributed by atoms with Crippen LogP contribution in [0.2, 0.25) is 0 Å². The van der Waals surface area contributed by atoms with E-state index in [9.17, 15) is 18.7 Å². The van der Waals surface area contributed by atoms with Gasteiger partial charge in [-0.1, -0.05) is 42.5 Å². The molecule has 0 aliphatic carbocycles. The van der Waals surface area contributed by atoms with Crippen molar-refractivity contribution in [2.24, 2.45) is 0 Å². The van der Waals surface area contributed by atoms with E-state index < -0.39 is 23.3 Å². The summed E-state index contributed by atoms with van der Waals surface area (Å²) in [5, 5.41) is 10.8. The second-order valence-electron chi connectivity index (χ2n) is 7.24. The SMILES string of the molecule is CSc1ccc(-c2ccc(N(C(Cc3c[nH]c4ccccc34)C(=O)O)S(=O)[O-])cc2)cc1. The quantitative estimate of drug-likeness (QED) is 0.286. The van der Waals surface area contributed by atoms with E-state index in [1.165, 1.54) is 0 Å². The molecule has 3 aromatic carbocycles. The first-order valence-corrected chi connectivity index (χ1v) is 12.1. The van der Waals surface area contributed by atoms with Gasteiger partial charge in [0.2, 0.25) is 0 Å². The van der Waals surface area contributed by atoms with Gasteiger partial charge in [0.05, 0.1) is 0 Å². The van der Waals surface area contributed by atoms with Gasteiger partial charge in [-0.25, -0.2) is 4.79 Å². The third kappa shape index (κ3) is 4.57. The van der Waals surface area contributed by atoms with Gasteiger partial charge in [0.1, 0.15) is 6.04 Å². The summed E-state index contributed by atoms with van der Waals surface area (Å²) in [5.74, 6) is -1.21. The molecule has 4 rings (SSSR count). The Morgan fingerprint density at radius 1 is 1.06 bits per heavy atom. The Hall–Kier alpha value is -3.07. The van der Waals surface area contributed by atoms with Crippen LogP contribution in [0.25, 0.3) is 22.0 Å². The van der Waals surface area contributed by atoms with Crippen LogP contribution >= 0.6 is 11.8 Å². The number of nitrogens with zero attached hydrogens (tertiary/aromatic N) is 1. The maximum atomic E-state index is 12.1. The standard InChI is InChI=1S/C24H22N2O4S2/c1-31-20-12-8-17(9-13-20)16-6-10-19(11-7-16)26(32(29)30)23(24(27)28)14-18-15-25-22-5-3-2-4-21(18)22/h2-13,15,23,25H,14H2,1H3,(H,27,28)(H,29,30)/p-1. The molecule has 0 aliphatic rings. The summed E-state index contributed by atoms with van der Waals surface area (Å²) in [4.78, 5) is 16.4. The van der Waals surface area contributed by atoms with Gasteiger partial charge in [0, 0.05) is 45.4 Å². The van der Waals surface area contributed by atoms with E-state index >= 15 is 0 Å². The summed E-state index contributed by atoms with van der Waals surface area (Å²) in [7, 11) is 0. The van der Waals surface area contributed by atoms with Crippen molar-refractivity contribution >= 4 is 45.6 Å². The van der Waals surface area contributed by atoms with E-state index in [1.807, 2.05) is 54.8 Å². The predicted molar refractivity (Wildman–Crippen MR) is 128 cm³/mol. The number of aliphatic carboxylic acids is 1. The van der Waals surface area contributed by atoms with Crippen molar-refractivity contribution in [2.45, 2.75) is 17.4 Å². The van der Waals surface area contributed by atoms with E-state index in [0.29, 0.717) is 5.69 Å². The van der Waals surface area contributed by atoms with E-state index in [-0.39, 0.29) is 6.42 Å². The lowest BCUT2D eigenvalue weighted by Crippen LogP contribution is -2.44. The zero-order chi connectivity index (χ0) is 22.7. The third-order valence-corrected chi connectivity index (χ3v) is 6.89. The molecule has 164 valence electrons. The number of anilines is 1. The number of benzene rings is 3. The van der Waals surface area contributed by atoms with Crippen molar-refractivity contribution in [3.05, 3.63) is 84.6 Å². The summed E-state index contributed by atoms with van der Waals surface area (Å²) in [5.41, 5.74) is 3.83. The number of thioether (sulfide) groups is 1. The molecule has 1 heterocycles. The fraction of sp³-hybridized carbons (Fsp3) is 0.125. The molecule has 0 bridgehead atoms. The van der Waals surface area contributed by atoms with Crippen molar-refractivity contribution in [3.8, 4) is 11.1 Å². The maximum Gasteiger partial charge on any atom is 0.327 e. The maximum absolute atomic E-state index is 12.1. The first kappa shape index (κ1) is 22.1. The molecule has 0 saturated carbocycles. The van der Waals surface area contributed by atoms with Crippen LogP contribution in [0.15, 0.2) is 83.9 Å². The fourth-order valence-corrected chi connectivity index (χ4v) is 4.81. The lowest BCUT2D eigenvalue weighted by atomic mass is 10.0. The highest BCUT2D eigenvalue weighted by atomic mass is 32.2. The second kappa shape index (κ2) is 9.60. The molecular weight excluding hydrogens is 444 g/mol. The van der Waals surface area contributed by atoms with Gasteiger partial charge in [-0.3, -0.25) is 8.51 Å². The normalized spacial score (nSPS) is 13.1. The Labute approximate surface area is 192 Å². The Morgan fingerprint density at radius 2 is 1.69 bits per heavy atom. The lowest BCUT2D eigenvalue weighted by Gasteiger charge is -2.32. The molecule has 4 aromatic rings. The smallest absolute Gasteiger partial charge is 0.327 e. The van der Waals surface area contributed by atoms with Crippen LogP contribution in [0.3, 0.4) is 0 Å². The number of hydrogen-bond acceptors (Lipinski definition) is 4. The van der Waals surface area contributed by atoms with E-state index in [1.54, 1.807) is 42.2 Å². The molecule has 0 spiro atoms. The number of hydrogen-bond donors (Lipinski definition) is 2. The number of carboxylic acid groups (broad SMARTS) is 1. The van der Waals surface area contributed by atoms with Crippen LogP contribution in [0.1, 0.15) is 5.56 Å².